The molecule has 110 valence electrons. The summed E-state index contributed by atoms with van der Waals surface area (Å²) in [5, 5.41) is 3.78. The van der Waals surface area contributed by atoms with Crippen molar-refractivity contribution in [1.82, 2.24) is 19.7 Å². The van der Waals surface area contributed by atoms with E-state index in [-0.39, 0.29) is 11.4 Å². The van der Waals surface area contributed by atoms with E-state index in [1.165, 1.54) is 6.07 Å². The van der Waals surface area contributed by atoms with Crippen LogP contribution in [0.1, 0.15) is 17.5 Å². The van der Waals surface area contributed by atoms with Crippen molar-refractivity contribution in [2.45, 2.75) is 25.8 Å². The van der Waals surface area contributed by atoms with Crippen molar-refractivity contribution in [1.29, 1.82) is 0 Å². The lowest BCUT2D eigenvalue weighted by Crippen LogP contribution is -2.06. The fraction of sp³-hybridized carbons (Fsp3) is 0.308. The predicted octanol–water partition coefficient (Wildman–Crippen LogP) is 2.99. The van der Waals surface area contributed by atoms with Gasteiger partial charge in [0.1, 0.15) is 17.2 Å². The molecule has 0 amide bonds. The molecule has 0 fully saturated rings. The summed E-state index contributed by atoms with van der Waals surface area (Å²) >= 11 is 5.83. The molecule has 0 radical (unpaired) electrons. The highest BCUT2D eigenvalue weighted by molar-refractivity contribution is 6.16. The molecule has 2 heterocycles. The number of alkyl halides is 1. The van der Waals surface area contributed by atoms with E-state index in [0.29, 0.717) is 36.0 Å². The molecule has 0 bridgehead atoms. The Hall–Kier alpha value is -2.02. The lowest BCUT2D eigenvalue weighted by atomic mass is 10.3. The lowest BCUT2D eigenvalue weighted by Gasteiger charge is -2.05. The van der Waals surface area contributed by atoms with Crippen LogP contribution in [0.5, 0.6) is 0 Å². The van der Waals surface area contributed by atoms with Crippen LogP contribution in [0.3, 0.4) is 0 Å². The van der Waals surface area contributed by atoms with Crippen molar-refractivity contribution in [3.63, 3.8) is 0 Å². The van der Waals surface area contributed by atoms with Crippen molar-refractivity contribution in [2.75, 3.05) is 0 Å². The van der Waals surface area contributed by atoms with E-state index in [0.717, 1.165) is 6.07 Å². The standard InChI is InChI=1S/C13H11ClF2N4O/c1-7-17-11(19-21-7)2-3-20-10-5-8(15)4-9(16)13(10)18-12(20)6-14/h4-5H,2-3,6H2,1H3. The summed E-state index contributed by atoms with van der Waals surface area (Å²) in [4.78, 5) is 8.20. The molecule has 0 atom stereocenters. The molecule has 0 saturated heterocycles. The van der Waals surface area contributed by atoms with Gasteiger partial charge in [-0.2, -0.15) is 4.98 Å². The normalized spacial score (nSPS) is 11.4. The second-order valence-corrected chi connectivity index (χ2v) is 4.82. The van der Waals surface area contributed by atoms with Crippen LogP contribution >= 0.6 is 11.6 Å². The lowest BCUT2D eigenvalue weighted by molar-refractivity contribution is 0.386. The van der Waals surface area contributed by atoms with E-state index in [1.807, 2.05) is 0 Å². The molecule has 3 aromatic rings. The number of hydrogen-bond acceptors (Lipinski definition) is 4. The first-order valence-corrected chi connectivity index (χ1v) is 6.81. The average molecular weight is 313 g/mol. The highest BCUT2D eigenvalue weighted by Crippen LogP contribution is 2.22. The zero-order valence-electron chi connectivity index (χ0n) is 11.1. The molecule has 0 aliphatic carbocycles. The summed E-state index contributed by atoms with van der Waals surface area (Å²) in [6.45, 7) is 2.10. The summed E-state index contributed by atoms with van der Waals surface area (Å²) in [6.07, 6.45) is 0.449. The zero-order valence-corrected chi connectivity index (χ0v) is 11.9. The first kappa shape index (κ1) is 13.9. The monoisotopic (exact) mass is 312 g/mol. The van der Waals surface area contributed by atoms with Crippen LogP contribution in [-0.2, 0) is 18.8 Å². The van der Waals surface area contributed by atoms with Crippen LogP contribution < -0.4 is 0 Å². The third kappa shape index (κ3) is 2.61. The molecule has 8 heteroatoms. The minimum atomic E-state index is -0.703. The Morgan fingerprint density at radius 1 is 1.29 bits per heavy atom. The minimum absolute atomic E-state index is 0.0982. The van der Waals surface area contributed by atoms with Gasteiger partial charge in [0.25, 0.3) is 0 Å². The molecule has 3 rings (SSSR count). The van der Waals surface area contributed by atoms with Gasteiger partial charge >= 0.3 is 0 Å². The van der Waals surface area contributed by atoms with Crippen LogP contribution in [0.15, 0.2) is 16.7 Å². The molecule has 0 N–H and O–H groups in total. The van der Waals surface area contributed by atoms with E-state index in [2.05, 4.69) is 15.1 Å². The first-order chi connectivity index (χ1) is 10.1. The number of imidazole rings is 1. The van der Waals surface area contributed by atoms with E-state index < -0.39 is 11.6 Å². The fourth-order valence-electron chi connectivity index (χ4n) is 2.20. The summed E-state index contributed by atoms with van der Waals surface area (Å²) in [7, 11) is 0. The molecule has 21 heavy (non-hydrogen) atoms. The first-order valence-electron chi connectivity index (χ1n) is 6.28. The topological polar surface area (TPSA) is 56.7 Å². The number of aromatic nitrogens is 4. The maximum Gasteiger partial charge on any atom is 0.223 e. The van der Waals surface area contributed by atoms with Crippen LogP contribution in [0.25, 0.3) is 11.0 Å². The Kier molecular flexibility index (Phi) is 3.59. The Morgan fingerprint density at radius 3 is 2.76 bits per heavy atom. The third-order valence-corrected chi connectivity index (χ3v) is 3.34. The SMILES string of the molecule is Cc1nc(CCn2c(CCl)nc3c(F)cc(F)cc32)no1. The van der Waals surface area contributed by atoms with Gasteiger partial charge in [-0.05, 0) is 6.07 Å². The van der Waals surface area contributed by atoms with Crippen molar-refractivity contribution in [2.24, 2.45) is 0 Å². The van der Waals surface area contributed by atoms with E-state index in [1.54, 1.807) is 11.5 Å². The summed E-state index contributed by atoms with van der Waals surface area (Å²) in [6, 6.07) is 2.04. The second kappa shape index (κ2) is 5.40. The van der Waals surface area contributed by atoms with Gasteiger partial charge in [0, 0.05) is 26.0 Å². The largest absolute Gasteiger partial charge is 0.340 e. The number of hydrogen-bond donors (Lipinski definition) is 0. The molecular formula is C13H11ClF2N4O. The van der Waals surface area contributed by atoms with Gasteiger partial charge < -0.3 is 9.09 Å². The quantitative estimate of drug-likeness (QED) is 0.695. The molecule has 1 aromatic carbocycles. The van der Waals surface area contributed by atoms with Gasteiger partial charge in [-0.15, -0.1) is 11.6 Å². The van der Waals surface area contributed by atoms with Crippen molar-refractivity contribution in [3.8, 4) is 0 Å². The van der Waals surface area contributed by atoms with Crippen LogP contribution in [-0.4, -0.2) is 19.7 Å². The fourth-order valence-corrected chi connectivity index (χ4v) is 2.41. The Morgan fingerprint density at radius 2 is 2.10 bits per heavy atom. The highest BCUT2D eigenvalue weighted by atomic mass is 35.5. The van der Waals surface area contributed by atoms with Gasteiger partial charge in [0.2, 0.25) is 5.89 Å². The van der Waals surface area contributed by atoms with E-state index in [4.69, 9.17) is 16.1 Å². The number of aryl methyl sites for hydroxylation is 3. The van der Waals surface area contributed by atoms with Crippen molar-refractivity contribution < 1.29 is 13.3 Å². The van der Waals surface area contributed by atoms with Crippen LogP contribution in [0, 0.1) is 18.6 Å². The minimum Gasteiger partial charge on any atom is -0.340 e. The number of nitrogens with zero attached hydrogens (tertiary/aromatic N) is 4. The Labute approximate surface area is 123 Å². The average Bonchev–Trinajstić information content (AvgIpc) is 3.00. The molecule has 0 unspecified atom stereocenters. The number of halogens is 3. The van der Waals surface area contributed by atoms with Crippen LogP contribution in [0.4, 0.5) is 8.78 Å². The maximum absolute atomic E-state index is 13.7. The van der Waals surface area contributed by atoms with E-state index in [9.17, 15) is 8.78 Å². The highest BCUT2D eigenvalue weighted by Gasteiger charge is 2.15. The van der Waals surface area contributed by atoms with E-state index >= 15 is 0 Å². The van der Waals surface area contributed by atoms with Gasteiger partial charge in [-0.1, -0.05) is 5.16 Å². The second-order valence-electron chi connectivity index (χ2n) is 4.55. The van der Waals surface area contributed by atoms with Crippen molar-refractivity contribution in [3.05, 3.63) is 41.3 Å². The van der Waals surface area contributed by atoms with Gasteiger partial charge in [0.05, 0.1) is 11.4 Å². The van der Waals surface area contributed by atoms with Crippen LogP contribution in [0.2, 0.25) is 0 Å². The molecule has 2 aromatic heterocycles. The molecular weight excluding hydrogens is 302 g/mol. The number of benzene rings is 1. The van der Waals surface area contributed by atoms with Crippen molar-refractivity contribution >= 4 is 22.6 Å². The van der Waals surface area contributed by atoms with Gasteiger partial charge in [-0.25, -0.2) is 13.8 Å². The Balaban J connectivity index is 1.99. The smallest absolute Gasteiger partial charge is 0.223 e. The summed E-state index contributed by atoms with van der Waals surface area (Å²) < 4.78 is 33.7. The number of fused-ring (bicyclic) bond motifs is 1. The number of rotatable bonds is 4. The summed E-state index contributed by atoms with van der Waals surface area (Å²) in [5.41, 5.74) is 0.472. The Bertz CT molecular complexity index is 799. The maximum atomic E-state index is 13.7. The molecule has 0 spiro atoms. The molecule has 5 nitrogen and oxygen atoms in total. The predicted molar refractivity (Wildman–Crippen MR) is 71.9 cm³/mol. The van der Waals surface area contributed by atoms with Gasteiger partial charge in [0.15, 0.2) is 11.6 Å². The molecule has 0 aliphatic heterocycles. The third-order valence-electron chi connectivity index (χ3n) is 3.10. The summed E-state index contributed by atoms with van der Waals surface area (Å²) in [5.74, 6) is 0.197. The van der Waals surface area contributed by atoms with Gasteiger partial charge in [-0.3, -0.25) is 0 Å². The zero-order chi connectivity index (χ0) is 15.0. The molecule has 0 aliphatic rings. The molecule has 0 saturated carbocycles.